The van der Waals surface area contributed by atoms with Gasteiger partial charge in [-0.05, 0) is 53.9 Å². The van der Waals surface area contributed by atoms with Crippen molar-refractivity contribution >= 4 is 74.2 Å². The first-order chi connectivity index (χ1) is 18.5. The number of hydrogen-bond donors (Lipinski definition) is 3. The van der Waals surface area contributed by atoms with Crippen LogP contribution in [-0.4, -0.2) is 78.0 Å². The Bertz CT molecular complexity index is 1640. The number of fused-ring (bicyclic) bond motifs is 1. The van der Waals surface area contributed by atoms with E-state index in [-0.39, 0.29) is 45.0 Å². The zero-order chi connectivity index (χ0) is 28.3. The molecule has 3 amide bonds. The third kappa shape index (κ3) is 6.85. The van der Waals surface area contributed by atoms with E-state index in [1.165, 1.54) is 24.1 Å². The number of carbonyl (C=O) groups is 2. The molecule has 0 radical (unpaired) electrons. The summed E-state index contributed by atoms with van der Waals surface area (Å²) in [5, 5.41) is 0.256. The van der Waals surface area contributed by atoms with Gasteiger partial charge in [0.25, 0.3) is 10.0 Å². The molecule has 0 fully saturated rings. The topological polar surface area (TPSA) is 153 Å². The summed E-state index contributed by atoms with van der Waals surface area (Å²) in [5.74, 6) is 0.182. The summed E-state index contributed by atoms with van der Waals surface area (Å²) in [5.41, 5.74) is 15.2. The Balaban J connectivity index is 0.00000441. The Morgan fingerprint density at radius 2 is 1.68 bits per heavy atom. The van der Waals surface area contributed by atoms with Crippen LogP contribution in [0.4, 0.5) is 4.79 Å². The maximum atomic E-state index is 12.6. The Morgan fingerprint density at radius 3 is 2.25 bits per heavy atom. The number of imidazole rings is 1. The molecule has 5 N–H and O–H groups in total. The van der Waals surface area contributed by atoms with Crippen molar-refractivity contribution in [2.75, 3.05) is 13.6 Å². The third-order valence-corrected chi connectivity index (χ3v) is 8.01. The van der Waals surface area contributed by atoms with Crippen LogP contribution in [-0.2, 0) is 29.4 Å². The molecule has 1 aromatic heterocycles. The second kappa shape index (κ2) is 13.2. The van der Waals surface area contributed by atoms with Gasteiger partial charge in [-0.3, -0.25) is 9.36 Å². The number of hydrogen-bond acceptors (Lipinski definition) is 6. The number of benzene rings is 3. The second-order valence-electron chi connectivity index (χ2n) is 9.00. The van der Waals surface area contributed by atoms with E-state index in [1.54, 1.807) is 24.3 Å². The molecule has 0 unspecified atom stereocenters. The summed E-state index contributed by atoms with van der Waals surface area (Å²) in [6.07, 6.45) is 1.16. The molecule has 4 aromatic rings. The monoisotopic (exact) mass is 592 g/mol. The van der Waals surface area contributed by atoms with Crippen molar-refractivity contribution in [3.05, 3.63) is 88.2 Å². The molecule has 0 atom stereocenters. The molecule has 13 heteroatoms. The molecule has 0 aliphatic rings. The van der Waals surface area contributed by atoms with Crippen molar-refractivity contribution in [1.29, 1.82) is 0 Å². The van der Waals surface area contributed by atoms with Crippen molar-refractivity contribution in [3.63, 3.8) is 0 Å². The molecule has 1 heterocycles. The van der Waals surface area contributed by atoms with Gasteiger partial charge in [0.05, 0.1) is 26.5 Å². The van der Waals surface area contributed by atoms with Gasteiger partial charge in [0, 0.05) is 32.2 Å². The van der Waals surface area contributed by atoms with Crippen molar-refractivity contribution in [3.8, 4) is 5.69 Å². The number of sulfonamides is 1. The zero-order valence-electron chi connectivity index (χ0n) is 21.5. The quantitative estimate of drug-likeness (QED) is 0.254. The van der Waals surface area contributed by atoms with Crippen LogP contribution in [0.25, 0.3) is 16.7 Å². The fraction of sp³-hybridized carbons (Fsp3) is 0.222. The normalized spacial score (nSPS) is 11.2. The second-order valence-corrected chi connectivity index (χ2v) is 11.1. The van der Waals surface area contributed by atoms with Crippen LogP contribution in [0.5, 0.6) is 0 Å². The molecule has 4 rings (SSSR count). The van der Waals surface area contributed by atoms with Crippen LogP contribution < -0.4 is 16.2 Å². The van der Waals surface area contributed by atoms with E-state index in [0.29, 0.717) is 31.4 Å². The number of aryl methyl sites for hydroxylation is 1. The molecule has 0 bridgehead atoms. The van der Waals surface area contributed by atoms with Gasteiger partial charge in [-0.25, -0.2) is 22.9 Å². The van der Waals surface area contributed by atoms with Crippen LogP contribution in [0.3, 0.4) is 0 Å². The summed E-state index contributed by atoms with van der Waals surface area (Å²) in [7, 11) is -2.47. The van der Waals surface area contributed by atoms with E-state index in [1.807, 2.05) is 35.8 Å². The fourth-order valence-corrected chi connectivity index (χ4v) is 5.38. The number of halogens is 1. The van der Waals surface area contributed by atoms with Crippen LogP contribution >= 0.6 is 11.6 Å². The Hall–Kier alpha value is -2.93. The molecule has 206 valence electrons. The van der Waals surface area contributed by atoms with Gasteiger partial charge in [0.2, 0.25) is 5.91 Å². The van der Waals surface area contributed by atoms with Gasteiger partial charge in [0.1, 0.15) is 5.82 Å². The number of nitrogens with zero attached hydrogens (tertiary/aromatic N) is 3. The van der Waals surface area contributed by atoms with Crippen molar-refractivity contribution < 1.29 is 18.0 Å². The third-order valence-electron chi connectivity index (χ3n) is 6.36. The number of amides is 3. The molecule has 0 aliphatic heterocycles. The average Bonchev–Trinajstić information content (AvgIpc) is 3.28. The minimum atomic E-state index is -4.00. The number of likely N-dealkylation sites (N-methyl/N-ethyl adjacent to an activating group) is 1. The predicted octanol–water partition coefficient (Wildman–Crippen LogP) is 2.72. The van der Waals surface area contributed by atoms with Crippen molar-refractivity contribution in [1.82, 2.24) is 19.2 Å². The predicted molar refractivity (Wildman–Crippen MR) is 158 cm³/mol. The summed E-state index contributed by atoms with van der Waals surface area (Å²) < 4.78 is 29.2. The molecule has 0 saturated heterocycles. The maximum absolute atomic E-state index is 12.6. The Kier molecular flexibility index (Phi) is 10.4. The van der Waals surface area contributed by atoms with Gasteiger partial charge in [-0.1, -0.05) is 42.8 Å². The minimum absolute atomic E-state index is 0. The SMILES string of the molecule is CCc1nc2cc(C(N)=O)c(Cl)cc2n1-c1ccc(CCN(C)C(=O)NS(=O)(=O)c2ccc(CN)cc2)cc1.[NaH]. The van der Waals surface area contributed by atoms with E-state index < -0.39 is 22.0 Å². The zero-order valence-corrected chi connectivity index (χ0v) is 23.1. The van der Waals surface area contributed by atoms with Crippen LogP contribution in [0.2, 0.25) is 5.02 Å². The van der Waals surface area contributed by atoms with Crippen molar-refractivity contribution in [2.45, 2.75) is 31.2 Å². The van der Waals surface area contributed by atoms with Crippen LogP contribution in [0, 0.1) is 0 Å². The van der Waals surface area contributed by atoms with Crippen molar-refractivity contribution in [2.24, 2.45) is 11.5 Å². The van der Waals surface area contributed by atoms with Gasteiger partial charge in [0.15, 0.2) is 0 Å². The molecule has 40 heavy (non-hydrogen) atoms. The van der Waals surface area contributed by atoms with E-state index in [0.717, 1.165) is 28.2 Å². The first-order valence-electron chi connectivity index (χ1n) is 12.2. The number of carbonyl (C=O) groups excluding carboxylic acids is 2. The number of rotatable bonds is 9. The summed E-state index contributed by atoms with van der Waals surface area (Å²) in [6, 6.07) is 16.3. The van der Waals surface area contributed by atoms with Gasteiger partial charge < -0.3 is 16.4 Å². The van der Waals surface area contributed by atoms with Crippen LogP contribution in [0.15, 0.2) is 65.6 Å². The fourth-order valence-electron chi connectivity index (χ4n) is 4.13. The molecule has 10 nitrogen and oxygen atoms in total. The number of nitrogens with one attached hydrogen (secondary N) is 1. The molecule has 0 saturated carbocycles. The average molecular weight is 593 g/mol. The first kappa shape index (κ1) is 31.6. The van der Waals surface area contributed by atoms with Crippen LogP contribution in [0.1, 0.15) is 34.2 Å². The molecular weight excluding hydrogens is 563 g/mol. The first-order valence-corrected chi connectivity index (χ1v) is 14.1. The summed E-state index contributed by atoms with van der Waals surface area (Å²) >= 11 is 6.30. The summed E-state index contributed by atoms with van der Waals surface area (Å²) in [6.45, 7) is 2.58. The van der Waals surface area contributed by atoms with Gasteiger partial charge >= 0.3 is 35.6 Å². The molecule has 3 aromatic carbocycles. The van der Waals surface area contributed by atoms with Gasteiger partial charge in [-0.15, -0.1) is 0 Å². The number of nitrogens with two attached hydrogens (primary N) is 2. The number of primary amides is 1. The molecule has 0 aliphatic carbocycles. The van der Waals surface area contributed by atoms with E-state index >= 15 is 0 Å². The van der Waals surface area contributed by atoms with E-state index in [2.05, 4.69) is 9.71 Å². The Morgan fingerprint density at radius 1 is 1.05 bits per heavy atom. The molecule has 0 spiro atoms. The number of aromatic nitrogens is 2. The Labute approximate surface area is 260 Å². The standard InChI is InChI=1S/C27H29ClN6O4S.Na.H/c1-3-25-31-23-14-21(26(30)35)22(28)15-24(23)34(25)19-8-4-17(5-9-19)12-13-33(2)27(36)32-39(37,38)20-10-6-18(16-29)7-11-20;;/h4-11,14-15H,3,12-13,16,29H2,1-2H3,(H2,30,35)(H,32,36);;. The summed E-state index contributed by atoms with van der Waals surface area (Å²) in [4.78, 5) is 30.2. The van der Waals surface area contributed by atoms with Gasteiger partial charge in [-0.2, -0.15) is 0 Å². The number of urea groups is 1. The molecular formula is C27H30ClN6NaO4S. The van der Waals surface area contributed by atoms with E-state index in [9.17, 15) is 18.0 Å². The van der Waals surface area contributed by atoms with E-state index in [4.69, 9.17) is 23.1 Å².